The number of carbonyl (C=O) groups excluding carboxylic acids is 1. The van der Waals surface area contributed by atoms with E-state index in [9.17, 15) is 4.79 Å². The fourth-order valence-corrected chi connectivity index (χ4v) is 2.56. The van der Waals surface area contributed by atoms with Gasteiger partial charge in [0.2, 0.25) is 5.91 Å². The third kappa shape index (κ3) is 4.58. The molecule has 4 nitrogen and oxygen atoms in total. The summed E-state index contributed by atoms with van der Waals surface area (Å²) in [4.78, 5) is 14.4. The summed E-state index contributed by atoms with van der Waals surface area (Å²) in [5.74, 6) is 1.05. The van der Waals surface area contributed by atoms with Gasteiger partial charge in [-0.3, -0.25) is 4.79 Å². The Bertz CT molecular complexity index is 247. The van der Waals surface area contributed by atoms with E-state index in [1.165, 1.54) is 25.9 Å². The molecule has 1 amide bonds. The SMILES string of the molecule is CCN1CCC(CNC(=O)C(CN)C(C)C)CC1. The van der Waals surface area contributed by atoms with Crippen LogP contribution in [0.1, 0.15) is 33.6 Å². The summed E-state index contributed by atoms with van der Waals surface area (Å²) in [5.41, 5.74) is 5.65. The van der Waals surface area contributed by atoms with Gasteiger partial charge in [-0.2, -0.15) is 0 Å². The highest BCUT2D eigenvalue weighted by molar-refractivity contribution is 5.79. The maximum atomic E-state index is 12.0. The molecule has 1 unspecified atom stereocenters. The lowest BCUT2D eigenvalue weighted by atomic mass is 9.93. The molecule has 0 radical (unpaired) electrons. The molecular weight excluding hydrogens is 226 g/mol. The molecule has 1 aliphatic rings. The predicted octanol–water partition coefficient (Wildman–Crippen LogP) is 1.07. The molecule has 1 heterocycles. The second-order valence-electron chi connectivity index (χ2n) is 5.71. The Balaban J connectivity index is 2.26. The maximum Gasteiger partial charge on any atom is 0.224 e. The van der Waals surface area contributed by atoms with Crippen molar-refractivity contribution in [3.05, 3.63) is 0 Å². The molecule has 1 saturated heterocycles. The van der Waals surface area contributed by atoms with E-state index in [4.69, 9.17) is 5.73 Å². The highest BCUT2D eigenvalue weighted by Crippen LogP contribution is 2.16. The van der Waals surface area contributed by atoms with Gasteiger partial charge in [0.1, 0.15) is 0 Å². The molecule has 0 bridgehead atoms. The van der Waals surface area contributed by atoms with Gasteiger partial charge >= 0.3 is 0 Å². The molecule has 106 valence electrons. The van der Waals surface area contributed by atoms with Crippen LogP contribution in [0.3, 0.4) is 0 Å². The molecule has 1 fully saturated rings. The molecule has 4 heteroatoms. The Labute approximate surface area is 111 Å². The lowest BCUT2D eigenvalue weighted by molar-refractivity contribution is -0.126. The van der Waals surface area contributed by atoms with Crippen LogP contribution in [-0.2, 0) is 4.79 Å². The first-order valence-electron chi connectivity index (χ1n) is 7.28. The number of hydrogen-bond acceptors (Lipinski definition) is 3. The standard InChI is InChI=1S/C14H29N3O/c1-4-17-7-5-12(6-8-17)10-16-14(18)13(9-15)11(2)3/h11-13H,4-10,15H2,1-3H3,(H,16,18). The quantitative estimate of drug-likeness (QED) is 0.746. The van der Waals surface area contributed by atoms with Crippen LogP contribution in [0.15, 0.2) is 0 Å². The first-order chi connectivity index (χ1) is 8.58. The number of likely N-dealkylation sites (tertiary alicyclic amines) is 1. The number of rotatable bonds is 6. The maximum absolute atomic E-state index is 12.0. The first kappa shape index (κ1) is 15.4. The van der Waals surface area contributed by atoms with Crippen LogP contribution in [0.4, 0.5) is 0 Å². The molecule has 0 aromatic rings. The smallest absolute Gasteiger partial charge is 0.224 e. The van der Waals surface area contributed by atoms with Gasteiger partial charge < -0.3 is 16.0 Å². The van der Waals surface area contributed by atoms with Gasteiger partial charge in [-0.05, 0) is 44.3 Å². The minimum absolute atomic E-state index is 0.0410. The minimum Gasteiger partial charge on any atom is -0.356 e. The molecular formula is C14H29N3O. The van der Waals surface area contributed by atoms with Crippen LogP contribution in [0, 0.1) is 17.8 Å². The summed E-state index contributed by atoms with van der Waals surface area (Å²) in [7, 11) is 0. The minimum atomic E-state index is -0.0410. The normalized spacial score (nSPS) is 20.1. The Morgan fingerprint density at radius 2 is 2.00 bits per heavy atom. The van der Waals surface area contributed by atoms with Gasteiger partial charge in [0.05, 0.1) is 5.92 Å². The third-order valence-corrected chi connectivity index (χ3v) is 4.11. The molecule has 1 atom stereocenters. The highest BCUT2D eigenvalue weighted by atomic mass is 16.1. The van der Waals surface area contributed by atoms with E-state index in [-0.39, 0.29) is 11.8 Å². The number of hydrogen-bond donors (Lipinski definition) is 2. The summed E-state index contributed by atoms with van der Waals surface area (Å²) in [5, 5.41) is 3.08. The van der Waals surface area contributed by atoms with Crippen molar-refractivity contribution in [3.63, 3.8) is 0 Å². The van der Waals surface area contributed by atoms with Crippen molar-refractivity contribution in [2.75, 3.05) is 32.7 Å². The van der Waals surface area contributed by atoms with Crippen molar-refractivity contribution in [1.82, 2.24) is 10.2 Å². The van der Waals surface area contributed by atoms with E-state index in [2.05, 4.69) is 31.0 Å². The monoisotopic (exact) mass is 255 g/mol. The molecule has 0 aliphatic carbocycles. The summed E-state index contributed by atoms with van der Waals surface area (Å²) in [6.07, 6.45) is 2.40. The van der Waals surface area contributed by atoms with Crippen LogP contribution in [0.2, 0.25) is 0 Å². The molecule has 1 rings (SSSR count). The molecule has 1 aliphatic heterocycles. The number of nitrogens with two attached hydrogens (primary N) is 1. The van der Waals surface area contributed by atoms with Crippen molar-refractivity contribution in [1.29, 1.82) is 0 Å². The van der Waals surface area contributed by atoms with Crippen LogP contribution < -0.4 is 11.1 Å². The summed E-state index contributed by atoms with van der Waals surface area (Å²) >= 11 is 0. The van der Waals surface area contributed by atoms with Gasteiger partial charge in [0.25, 0.3) is 0 Å². The van der Waals surface area contributed by atoms with E-state index < -0.39 is 0 Å². The van der Waals surface area contributed by atoms with E-state index in [1.807, 2.05) is 0 Å². The molecule has 0 spiro atoms. The van der Waals surface area contributed by atoms with Gasteiger partial charge in [-0.15, -0.1) is 0 Å². The average Bonchev–Trinajstić information content (AvgIpc) is 2.37. The fraction of sp³-hybridized carbons (Fsp3) is 0.929. The second-order valence-corrected chi connectivity index (χ2v) is 5.71. The summed E-state index contributed by atoms with van der Waals surface area (Å²) in [6.45, 7) is 11.0. The van der Waals surface area contributed by atoms with Crippen molar-refractivity contribution in [3.8, 4) is 0 Å². The fourth-order valence-electron chi connectivity index (χ4n) is 2.56. The summed E-state index contributed by atoms with van der Waals surface area (Å²) < 4.78 is 0. The molecule has 3 N–H and O–H groups in total. The lowest BCUT2D eigenvalue weighted by Crippen LogP contribution is -2.42. The van der Waals surface area contributed by atoms with Crippen molar-refractivity contribution in [2.24, 2.45) is 23.5 Å². The zero-order valence-electron chi connectivity index (χ0n) is 12.1. The van der Waals surface area contributed by atoms with E-state index in [0.29, 0.717) is 18.4 Å². The molecule has 18 heavy (non-hydrogen) atoms. The number of carbonyl (C=O) groups is 1. The van der Waals surface area contributed by atoms with Crippen LogP contribution in [0.25, 0.3) is 0 Å². The number of nitrogens with zero attached hydrogens (tertiary/aromatic N) is 1. The van der Waals surface area contributed by atoms with E-state index >= 15 is 0 Å². The molecule has 0 aromatic carbocycles. The summed E-state index contributed by atoms with van der Waals surface area (Å²) in [6, 6.07) is 0. The number of amides is 1. The first-order valence-corrected chi connectivity index (χ1v) is 7.28. The van der Waals surface area contributed by atoms with E-state index in [0.717, 1.165) is 13.1 Å². The van der Waals surface area contributed by atoms with Crippen molar-refractivity contribution >= 4 is 5.91 Å². The second kappa shape index (κ2) is 7.74. The molecule has 0 saturated carbocycles. The Morgan fingerprint density at radius 3 is 2.44 bits per heavy atom. The Hall–Kier alpha value is -0.610. The largest absolute Gasteiger partial charge is 0.356 e. The predicted molar refractivity (Wildman–Crippen MR) is 75.2 cm³/mol. The van der Waals surface area contributed by atoms with Gasteiger partial charge in [0, 0.05) is 13.1 Å². The molecule has 0 aromatic heterocycles. The zero-order chi connectivity index (χ0) is 13.5. The van der Waals surface area contributed by atoms with Crippen LogP contribution in [0.5, 0.6) is 0 Å². The number of nitrogens with one attached hydrogen (secondary N) is 1. The Morgan fingerprint density at radius 1 is 1.39 bits per heavy atom. The van der Waals surface area contributed by atoms with Crippen molar-refractivity contribution in [2.45, 2.75) is 33.6 Å². The highest BCUT2D eigenvalue weighted by Gasteiger charge is 2.22. The third-order valence-electron chi connectivity index (χ3n) is 4.11. The van der Waals surface area contributed by atoms with Gasteiger partial charge in [-0.1, -0.05) is 20.8 Å². The average molecular weight is 255 g/mol. The Kier molecular flexibility index (Phi) is 6.65. The van der Waals surface area contributed by atoms with Crippen LogP contribution >= 0.6 is 0 Å². The van der Waals surface area contributed by atoms with Gasteiger partial charge in [-0.25, -0.2) is 0 Å². The van der Waals surface area contributed by atoms with Crippen LogP contribution in [-0.4, -0.2) is 43.5 Å². The lowest BCUT2D eigenvalue weighted by Gasteiger charge is -2.31. The van der Waals surface area contributed by atoms with Gasteiger partial charge in [0.15, 0.2) is 0 Å². The van der Waals surface area contributed by atoms with Crippen molar-refractivity contribution < 1.29 is 4.79 Å². The van der Waals surface area contributed by atoms with E-state index in [1.54, 1.807) is 0 Å². The zero-order valence-corrected chi connectivity index (χ0v) is 12.1. The topological polar surface area (TPSA) is 58.4 Å². The number of piperidine rings is 1.